The normalized spacial score (nSPS) is 18.5. The number of pyridine rings is 1. The zero-order chi connectivity index (χ0) is 48.1. The van der Waals surface area contributed by atoms with E-state index in [9.17, 15) is 32.1 Å². The molecule has 0 saturated carbocycles. The summed E-state index contributed by atoms with van der Waals surface area (Å²) >= 11 is 6.30. The van der Waals surface area contributed by atoms with Crippen molar-refractivity contribution in [2.24, 2.45) is 11.3 Å². The highest BCUT2D eigenvalue weighted by molar-refractivity contribution is 7.90. The lowest BCUT2D eigenvalue weighted by Gasteiger charge is -2.47. The molecule has 19 heteroatoms. The Morgan fingerprint density at radius 1 is 0.971 bits per heavy atom. The molecule has 0 unspecified atom stereocenters. The first-order valence-corrected chi connectivity index (χ1v) is 25.5. The summed E-state index contributed by atoms with van der Waals surface area (Å²) in [7, 11) is -4.59. The van der Waals surface area contributed by atoms with Crippen molar-refractivity contribution in [1.29, 1.82) is 0 Å². The van der Waals surface area contributed by atoms with Gasteiger partial charge in [-0.05, 0) is 129 Å². The molecular formula is C50H57ClF2N8O7S. The molecule has 1 spiro atoms. The smallest absolute Gasteiger partial charge is 0.293 e. The molecule has 4 aliphatic rings. The molecule has 1 amide bonds. The van der Waals surface area contributed by atoms with Crippen LogP contribution in [0.4, 0.5) is 25.8 Å². The number of nitrogens with one attached hydrogen (secondary N) is 3. The highest BCUT2D eigenvalue weighted by Crippen LogP contribution is 2.49. The molecule has 3 fully saturated rings. The van der Waals surface area contributed by atoms with E-state index in [1.807, 2.05) is 23.1 Å². The van der Waals surface area contributed by atoms with Gasteiger partial charge in [0.15, 0.2) is 0 Å². The Morgan fingerprint density at radius 2 is 1.72 bits per heavy atom. The van der Waals surface area contributed by atoms with Gasteiger partial charge in [-0.15, -0.1) is 0 Å². The second-order valence-electron chi connectivity index (χ2n) is 18.7. The standard InChI is InChI=1S/C50H57ClF2N8O7S/c51-38-3-1-35(2-4-38)43-9-13-50(14-17-59(18-15-50)40(29-52)30-53)28-37(43)33-58-19-21-60(22-20-58)39-5-7-44(47(26-39)68-41-25-36-10-16-54-48(36)56-32-41)49(62)57-69(65,66)42-6-8-45(46(27-42)61(63)64)55-31-34-11-23-67-24-12-34/h1-8,10,16,25-27,32,34,40,55H,9,11-15,17-24,28-31,33H2,(H,54,56)(H,57,62). The molecule has 9 rings (SSSR count). The van der Waals surface area contributed by atoms with E-state index in [1.54, 1.807) is 24.4 Å². The highest BCUT2D eigenvalue weighted by atomic mass is 35.5. The fraction of sp³-hybridized carbons (Fsp3) is 0.440. The number of benzene rings is 3. The van der Waals surface area contributed by atoms with Crippen LogP contribution in [0, 0.1) is 21.4 Å². The fourth-order valence-corrected chi connectivity index (χ4v) is 11.4. The molecule has 0 bridgehead atoms. The zero-order valence-electron chi connectivity index (χ0n) is 38.3. The van der Waals surface area contributed by atoms with Crippen LogP contribution in [0.2, 0.25) is 5.02 Å². The SMILES string of the molecule is O=C(NS(=O)(=O)c1ccc(NCC2CCOCC2)c([N+](=O)[O-])c1)c1ccc(N2CCN(CC3=C(c4ccc(Cl)cc4)CCC4(CCN(C(CF)CF)CC4)C3)CC2)cc1Oc1cnc2[nH]ccc2c1. The number of likely N-dealkylation sites (tertiary alicyclic amines) is 1. The zero-order valence-corrected chi connectivity index (χ0v) is 39.9. The summed E-state index contributed by atoms with van der Waals surface area (Å²) < 4.78 is 68.6. The molecule has 1 aliphatic carbocycles. The minimum atomic E-state index is -4.59. The van der Waals surface area contributed by atoms with Crippen molar-refractivity contribution < 1.29 is 36.4 Å². The maximum atomic E-state index is 14.0. The van der Waals surface area contributed by atoms with Crippen LogP contribution in [-0.2, 0) is 14.8 Å². The predicted octanol–water partition coefficient (Wildman–Crippen LogP) is 9.02. The van der Waals surface area contributed by atoms with Crippen molar-refractivity contribution in [1.82, 2.24) is 24.5 Å². The Balaban J connectivity index is 0.919. The summed E-state index contributed by atoms with van der Waals surface area (Å²) in [6.07, 6.45) is 9.55. The molecule has 366 valence electrons. The van der Waals surface area contributed by atoms with Crippen LogP contribution in [0.5, 0.6) is 11.5 Å². The number of halogens is 3. The molecule has 3 aromatic carbocycles. The van der Waals surface area contributed by atoms with Gasteiger partial charge in [-0.25, -0.2) is 26.9 Å². The summed E-state index contributed by atoms with van der Waals surface area (Å²) in [4.78, 5) is 39.2. The average molecular weight is 988 g/mol. The number of piperazine rings is 1. The molecule has 3 saturated heterocycles. The first-order valence-electron chi connectivity index (χ1n) is 23.6. The Kier molecular flexibility index (Phi) is 14.8. The van der Waals surface area contributed by atoms with E-state index in [0.29, 0.717) is 62.4 Å². The molecule has 3 N–H and O–H groups in total. The lowest BCUT2D eigenvalue weighted by Crippen LogP contribution is -2.49. The Labute approximate surface area is 405 Å². The molecular weight excluding hydrogens is 930 g/mol. The maximum absolute atomic E-state index is 14.0. The van der Waals surface area contributed by atoms with E-state index in [-0.39, 0.29) is 28.3 Å². The van der Waals surface area contributed by atoms with Gasteiger partial charge in [0, 0.05) is 86.9 Å². The number of ether oxygens (including phenoxy) is 2. The molecule has 3 aliphatic heterocycles. The third-order valence-corrected chi connectivity index (χ3v) is 16.0. The Morgan fingerprint density at radius 3 is 2.45 bits per heavy atom. The number of alkyl halides is 2. The highest BCUT2D eigenvalue weighted by Gasteiger charge is 2.40. The van der Waals surface area contributed by atoms with Crippen molar-refractivity contribution >= 4 is 61.2 Å². The number of aromatic nitrogens is 2. The Hall–Kier alpha value is -5.66. The number of fused-ring (bicyclic) bond motifs is 1. The lowest BCUT2D eigenvalue weighted by atomic mass is 9.65. The number of rotatable bonds is 16. The number of hydrogen-bond donors (Lipinski definition) is 3. The molecule has 2 aromatic heterocycles. The fourth-order valence-electron chi connectivity index (χ4n) is 10.3. The number of nitrogens with zero attached hydrogens (tertiary/aromatic N) is 5. The van der Waals surface area contributed by atoms with Gasteiger partial charge in [-0.1, -0.05) is 29.3 Å². The number of carbonyl (C=O) groups is 1. The van der Waals surface area contributed by atoms with Crippen molar-refractivity contribution in [3.05, 3.63) is 117 Å². The minimum Gasteiger partial charge on any atom is -0.455 e. The lowest BCUT2D eigenvalue weighted by molar-refractivity contribution is -0.384. The van der Waals surface area contributed by atoms with Crippen LogP contribution in [0.15, 0.2) is 95.7 Å². The molecule has 5 aromatic rings. The van der Waals surface area contributed by atoms with E-state index in [0.717, 1.165) is 81.7 Å². The van der Waals surface area contributed by atoms with Gasteiger partial charge in [0.25, 0.3) is 21.6 Å². The van der Waals surface area contributed by atoms with Crippen LogP contribution >= 0.6 is 11.6 Å². The topological polar surface area (TPSA) is 175 Å². The van der Waals surface area contributed by atoms with Crippen molar-refractivity contribution in [2.75, 3.05) is 89.1 Å². The van der Waals surface area contributed by atoms with Gasteiger partial charge in [0.05, 0.1) is 27.6 Å². The number of H-pyrrole nitrogens is 1. The number of piperidine rings is 1. The van der Waals surface area contributed by atoms with Gasteiger partial charge < -0.3 is 24.7 Å². The first-order chi connectivity index (χ1) is 33.4. The number of amides is 1. The van der Waals surface area contributed by atoms with Gasteiger partial charge in [0.1, 0.15) is 36.2 Å². The average Bonchev–Trinajstić information content (AvgIpc) is 3.83. The number of anilines is 2. The van der Waals surface area contributed by atoms with E-state index in [1.165, 1.54) is 41.1 Å². The summed E-state index contributed by atoms with van der Waals surface area (Å²) in [5.74, 6) is -0.302. The third kappa shape index (κ3) is 11.2. The number of carbonyl (C=O) groups excluding carboxylic acids is 1. The number of hydrogen-bond acceptors (Lipinski definition) is 12. The van der Waals surface area contributed by atoms with E-state index >= 15 is 0 Å². The Bertz CT molecular complexity index is 2790. The molecule has 0 radical (unpaired) electrons. The molecule has 5 heterocycles. The van der Waals surface area contributed by atoms with E-state index in [2.05, 4.69) is 41.9 Å². The predicted molar refractivity (Wildman–Crippen MR) is 262 cm³/mol. The number of aromatic amines is 1. The summed E-state index contributed by atoms with van der Waals surface area (Å²) in [5, 5.41) is 16.7. The second-order valence-corrected chi connectivity index (χ2v) is 20.8. The second kappa shape index (κ2) is 21.1. The summed E-state index contributed by atoms with van der Waals surface area (Å²) in [5.41, 5.74) is 5.06. The van der Waals surface area contributed by atoms with Gasteiger partial charge in [0.2, 0.25) is 0 Å². The van der Waals surface area contributed by atoms with Crippen molar-refractivity contribution in [2.45, 2.75) is 55.9 Å². The largest absolute Gasteiger partial charge is 0.455 e. The number of allylic oxidation sites excluding steroid dienone is 1. The van der Waals surface area contributed by atoms with Crippen LogP contribution in [-0.4, -0.2) is 124 Å². The third-order valence-electron chi connectivity index (χ3n) is 14.4. The number of sulfonamides is 1. The van der Waals surface area contributed by atoms with Gasteiger partial charge in [-0.2, -0.15) is 0 Å². The van der Waals surface area contributed by atoms with E-state index < -0.39 is 50.8 Å². The van der Waals surface area contributed by atoms with E-state index in [4.69, 9.17) is 21.1 Å². The monoisotopic (exact) mass is 986 g/mol. The molecule has 15 nitrogen and oxygen atoms in total. The van der Waals surface area contributed by atoms with Crippen LogP contribution in [0.25, 0.3) is 16.6 Å². The van der Waals surface area contributed by atoms with Gasteiger partial charge >= 0.3 is 0 Å². The van der Waals surface area contributed by atoms with Crippen LogP contribution in [0.3, 0.4) is 0 Å². The maximum Gasteiger partial charge on any atom is 0.293 e. The van der Waals surface area contributed by atoms with Gasteiger partial charge in [-0.3, -0.25) is 24.7 Å². The van der Waals surface area contributed by atoms with Crippen molar-refractivity contribution in [3.63, 3.8) is 0 Å². The number of nitro groups is 1. The minimum absolute atomic E-state index is 0.0667. The first kappa shape index (κ1) is 48.4. The quantitative estimate of drug-likeness (QED) is 0.0633. The van der Waals surface area contributed by atoms with Crippen molar-refractivity contribution in [3.8, 4) is 11.5 Å². The van der Waals surface area contributed by atoms with Crippen LogP contribution in [0.1, 0.15) is 60.9 Å². The van der Waals surface area contributed by atoms with Crippen LogP contribution < -0.4 is 19.7 Å². The number of nitro benzene ring substituents is 1. The molecule has 69 heavy (non-hydrogen) atoms. The summed E-state index contributed by atoms with van der Waals surface area (Å²) in [6.45, 7) is 5.30. The molecule has 0 atom stereocenters. The summed E-state index contributed by atoms with van der Waals surface area (Å²) in [6, 6.07) is 19.5.